The number of allylic oxidation sites excluding steroid dienone is 1. The number of benzene rings is 1. The van der Waals surface area contributed by atoms with E-state index in [0.717, 1.165) is 17.4 Å². The molecule has 0 fully saturated rings. The zero-order chi connectivity index (χ0) is 16.4. The van der Waals surface area contributed by atoms with Crippen LogP contribution in [0.5, 0.6) is 0 Å². The number of fused-ring (bicyclic) bond motifs is 1. The van der Waals surface area contributed by atoms with E-state index in [1.807, 2.05) is 0 Å². The van der Waals surface area contributed by atoms with Gasteiger partial charge in [0, 0.05) is 12.6 Å². The molecule has 0 radical (unpaired) electrons. The lowest BCUT2D eigenvalue weighted by atomic mass is 10.3. The number of hydrogen-bond donors (Lipinski definition) is 0. The summed E-state index contributed by atoms with van der Waals surface area (Å²) in [7, 11) is 0. The van der Waals surface area contributed by atoms with Gasteiger partial charge in [0.05, 0.1) is 10.2 Å². The minimum atomic E-state index is -0.719. The average molecular weight is 338 g/mol. The van der Waals surface area contributed by atoms with E-state index in [1.54, 1.807) is 0 Å². The lowest BCUT2D eigenvalue weighted by molar-refractivity contribution is -0.119. The van der Waals surface area contributed by atoms with Gasteiger partial charge in [0.25, 0.3) is 0 Å². The number of hydrogen-bond acceptors (Lipinski definition) is 4. The highest BCUT2D eigenvalue weighted by molar-refractivity contribution is 7.16. The van der Waals surface area contributed by atoms with Gasteiger partial charge < -0.3 is 14.0 Å². The number of carbonyl (C=O) groups is 1. The molecule has 0 bridgehead atoms. The van der Waals surface area contributed by atoms with Crippen molar-refractivity contribution in [1.29, 1.82) is 0 Å². The first-order valence-corrected chi connectivity index (χ1v) is 7.54. The summed E-state index contributed by atoms with van der Waals surface area (Å²) in [6.07, 6.45) is 2.73. The van der Waals surface area contributed by atoms with Crippen molar-refractivity contribution in [2.75, 3.05) is 13.2 Å². The number of thiazole rings is 1. The van der Waals surface area contributed by atoms with Crippen LogP contribution in [-0.2, 0) is 20.8 Å². The van der Waals surface area contributed by atoms with E-state index >= 15 is 0 Å². The summed E-state index contributed by atoms with van der Waals surface area (Å²) >= 11 is 1.01. The van der Waals surface area contributed by atoms with Crippen LogP contribution in [-0.4, -0.2) is 23.7 Å². The second kappa shape index (κ2) is 6.33. The van der Waals surface area contributed by atoms with Crippen molar-refractivity contribution >= 4 is 27.5 Å². The number of halogens is 2. The molecule has 0 unspecified atom stereocenters. The maximum Gasteiger partial charge on any atom is 0.317 e. The van der Waals surface area contributed by atoms with Crippen molar-refractivity contribution in [3.05, 3.63) is 53.2 Å². The summed E-state index contributed by atoms with van der Waals surface area (Å²) in [6.45, 7) is 4.45. The molecule has 0 aliphatic carbocycles. The van der Waals surface area contributed by atoms with E-state index in [4.69, 9.17) is 9.47 Å². The van der Waals surface area contributed by atoms with Crippen molar-refractivity contribution in [2.45, 2.75) is 6.54 Å². The largest absolute Gasteiger partial charge is 0.494 e. The molecule has 23 heavy (non-hydrogen) atoms. The van der Waals surface area contributed by atoms with Gasteiger partial charge in [-0.05, 0) is 6.07 Å². The first-order valence-electron chi connectivity index (χ1n) is 6.73. The standard InChI is InChI=1S/C15H12F2N2O3S/c1-2-3-19-13-10(17)6-9(16)7-12(13)23-15(19)18-14(20)11-8-21-4-5-22-11/h2,6-8H,1,3-5H2. The SMILES string of the molecule is C=CCn1c(=NC(=O)C2=COCCO2)sc2cc(F)cc(F)c21. The quantitative estimate of drug-likeness (QED) is 0.808. The third kappa shape index (κ3) is 3.02. The molecule has 1 aromatic carbocycles. The highest BCUT2D eigenvalue weighted by Crippen LogP contribution is 2.22. The Kier molecular flexibility index (Phi) is 4.24. The zero-order valence-electron chi connectivity index (χ0n) is 11.9. The van der Waals surface area contributed by atoms with Crippen LogP contribution in [0, 0.1) is 11.6 Å². The van der Waals surface area contributed by atoms with Gasteiger partial charge in [-0.2, -0.15) is 4.99 Å². The highest BCUT2D eigenvalue weighted by atomic mass is 32.1. The Bertz CT molecular complexity index is 883. The molecule has 1 aromatic heterocycles. The molecule has 5 nitrogen and oxygen atoms in total. The van der Waals surface area contributed by atoms with Crippen LogP contribution in [0.25, 0.3) is 10.2 Å². The van der Waals surface area contributed by atoms with Crippen LogP contribution < -0.4 is 4.80 Å². The van der Waals surface area contributed by atoms with Crippen molar-refractivity contribution in [1.82, 2.24) is 4.57 Å². The van der Waals surface area contributed by atoms with E-state index < -0.39 is 17.5 Å². The third-order valence-corrected chi connectivity index (χ3v) is 4.09. The predicted octanol–water partition coefficient (Wildman–Crippen LogP) is 2.48. The van der Waals surface area contributed by atoms with Gasteiger partial charge in [-0.25, -0.2) is 8.78 Å². The van der Waals surface area contributed by atoms with Gasteiger partial charge in [0.1, 0.15) is 25.3 Å². The number of amides is 1. The Morgan fingerprint density at radius 3 is 2.96 bits per heavy atom. The molecule has 3 rings (SSSR count). The van der Waals surface area contributed by atoms with Crippen LogP contribution in [0.1, 0.15) is 0 Å². The number of nitrogens with zero attached hydrogens (tertiary/aromatic N) is 2. The topological polar surface area (TPSA) is 52.8 Å². The van der Waals surface area contributed by atoms with Crippen molar-refractivity contribution < 1.29 is 23.0 Å². The summed E-state index contributed by atoms with van der Waals surface area (Å²) in [5.41, 5.74) is 0.178. The molecule has 0 N–H and O–H groups in total. The summed E-state index contributed by atoms with van der Waals surface area (Å²) in [5.74, 6) is -2.07. The molecule has 0 atom stereocenters. The molecule has 2 aromatic rings. The van der Waals surface area contributed by atoms with Gasteiger partial charge in [-0.1, -0.05) is 17.4 Å². The first kappa shape index (κ1) is 15.4. The predicted molar refractivity (Wildman–Crippen MR) is 80.5 cm³/mol. The fourth-order valence-electron chi connectivity index (χ4n) is 2.14. The molecule has 1 aliphatic heterocycles. The Hall–Kier alpha value is -2.48. The summed E-state index contributed by atoms with van der Waals surface area (Å²) < 4.78 is 39.4. The smallest absolute Gasteiger partial charge is 0.317 e. The van der Waals surface area contributed by atoms with Gasteiger partial charge >= 0.3 is 5.91 Å². The maximum atomic E-state index is 14.1. The molecular formula is C15H12F2N2O3S. The lowest BCUT2D eigenvalue weighted by Crippen LogP contribution is -2.20. The van der Waals surface area contributed by atoms with Crippen LogP contribution in [0.3, 0.4) is 0 Å². The summed E-state index contributed by atoms with van der Waals surface area (Å²) in [4.78, 5) is 16.3. The van der Waals surface area contributed by atoms with Crippen LogP contribution in [0.4, 0.5) is 8.78 Å². The molecule has 0 saturated heterocycles. The number of ether oxygens (including phenoxy) is 2. The molecule has 1 amide bonds. The fourth-order valence-corrected chi connectivity index (χ4v) is 3.21. The normalized spacial score (nSPS) is 15.0. The first-order chi connectivity index (χ1) is 11.1. The van der Waals surface area contributed by atoms with Crippen LogP contribution in [0.15, 0.2) is 41.8 Å². The fraction of sp³-hybridized carbons (Fsp3) is 0.200. The second-order valence-electron chi connectivity index (χ2n) is 4.64. The van der Waals surface area contributed by atoms with Gasteiger partial charge in [0.15, 0.2) is 10.6 Å². The Morgan fingerprint density at radius 2 is 2.26 bits per heavy atom. The van der Waals surface area contributed by atoms with E-state index in [9.17, 15) is 13.6 Å². The molecule has 120 valence electrons. The minimum absolute atomic E-state index is 0.0227. The van der Waals surface area contributed by atoms with Crippen molar-refractivity contribution in [2.24, 2.45) is 4.99 Å². The Balaban J connectivity index is 2.16. The number of rotatable bonds is 3. The number of aromatic nitrogens is 1. The van der Waals surface area contributed by atoms with Gasteiger partial charge in [0.2, 0.25) is 5.76 Å². The number of carbonyl (C=O) groups excluding carboxylic acids is 1. The average Bonchev–Trinajstić information content (AvgIpc) is 2.86. The van der Waals surface area contributed by atoms with Crippen LogP contribution >= 0.6 is 11.3 Å². The van der Waals surface area contributed by atoms with E-state index in [1.165, 1.54) is 23.0 Å². The third-order valence-electron chi connectivity index (χ3n) is 3.06. The molecular weight excluding hydrogens is 326 g/mol. The summed E-state index contributed by atoms with van der Waals surface area (Å²) in [6, 6.07) is 1.99. The maximum absolute atomic E-state index is 14.1. The van der Waals surface area contributed by atoms with Gasteiger partial charge in [-0.15, -0.1) is 6.58 Å². The minimum Gasteiger partial charge on any atom is -0.494 e. The zero-order valence-corrected chi connectivity index (χ0v) is 12.7. The highest BCUT2D eigenvalue weighted by Gasteiger charge is 2.17. The molecule has 2 heterocycles. The Morgan fingerprint density at radius 1 is 1.43 bits per heavy atom. The lowest BCUT2D eigenvalue weighted by Gasteiger charge is -2.12. The van der Waals surface area contributed by atoms with Crippen molar-refractivity contribution in [3.8, 4) is 0 Å². The van der Waals surface area contributed by atoms with E-state index in [-0.39, 0.29) is 29.2 Å². The Labute approximate surface area is 133 Å². The summed E-state index contributed by atoms with van der Waals surface area (Å²) in [5, 5.41) is 0. The van der Waals surface area contributed by atoms with E-state index in [2.05, 4.69) is 11.6 Å². The van der Waals surface area contributed by atoms with Crippen molar-refractivity contribution in [3.63, 3.8) is 0 Å². The van der Waals surface area contributed by atoms with Gasteiger partial charge in [-0.3, -0.25) is 4.79 Å². The molecule has 1 aliphatic rings. The van der Waals surface area contributed by atoms with Crippen LogP contribution in [0.2, 0.25) is 0 Å². The molecule has 0 spiro atoms. The molecule has 0 saturated carbocycles. The second-order valence-corrected chi connectivity index (χ2v) is 5.65. The monoisotopic (exact) mass is 338 g/mol. The molecule has 8 heteroatoms. The van der Waals surface area contributed by atoms with E-state index in [0.29, 0.717) is 11.3 Å².